The summed E-state index contributed by atoms with van der Waals surface area (Å²) >= 11 is 0. The van der Waals surface area contributed by atoms with Crippen LogP contribution in [0.2, 0.25) is 0 Å². The molecular weight excluding hydrogens is 617 g/mol. The molecule has 51 heavy (non-hydrogen) atoms. The largest absolute Gasteiger partial charge is 0.228 e. The highest BCUT2D eigenvalue weighted by molar-refractivity contribution is 5.88. The van der Waals surface area contributed by atoms with Crippen molar-refractivity contribution in [2.75, 3.05) is 0 Å². The maximum absolute atomic E-state index is 5.11. The van der Waals surface area contributed by atoms with Crippen LogP contribution in [-0.4, -0.2) is 9.97 Å². The number of fused-ring (bicyclic) bond motifs is 3. The third-order valence-corrected chi connectivity index (χ3v) is 9.78. The first-order valence-electron chi connectivity index (χ1n) is 17.8. The summed E-state index contributed by atoms with van der Waals surface area (Å²) in [4.78, 5) is 10.2. The Morgan fingerprint density at radius 3 is 1.37 bits per heavy atom. The fourth-order valence-electron chi connectivity index (χ4n) is 7.55. The molecule has 7 aromatic carbocycles. The molecule has 0 bridgehead atoms. The molecule has 0 saturated heterocycles. The quantitative estimate of drug-likeness (QED) is 0.178. The number of benzene rings is 7. The third kappa shape index (κ3) is 5.65. The second kappa shape index (κ2) is 13.9. The highest BCUT2D eigenvalue weighted by atomic mass is 14.9. The molecule has 1 heterocycles. The van der Waals surface area contributed by atoms with E-state index in [1.807, 2.05) is 26.0 Å². The topological polar surface area (TPSA) is 25.8 Å². The van der Waals surface area contributed by atoms with Crippen molar-refractivity contribution in [3.63, 3.8) is 0 Å². The highest BCUT2D eigenvalue weighted by Crippen LogP contribution is 2.56. The zero-order valence-electron chi connectivity index (χ0n) is 28.9. The van der Waals surface area contributed by atoms with Crippen molar-refractivity contribution in [2.24, 2.45) is 0 Å². The Bertz CT molecular complexity index is 2320. The fraction of sp³-hybridized carbons (Fsp3) is 0.0612. The van der Waals surface area contributed by atoms with Gasteiger partial charge in [-0.2, -0.15) is 0 Å². The number of hydrogen-bond acceptors (Lipinski definition) is 2. The van der Waals surface area contributed by atoms with Crippen LogP contribution in [-0.2, 0) is 5.41 Å². The Hall–Kier alpha value is -6.38. The molecule has 0 spiro atoms. The molecule has 2 nitrogen and oxygen atoms in total. The van der Waals surface area contributed by atoms with Gasteiger partial charge in [0.2, 0.25) is 0 Å². The summed E-state index contributed by atoms with van der Waals surface area (Å²) in [5.41, 5.74) is 14.4. The van der Waals surface area contributed by atoms with Crippen LogP contribution in [0.15, 0.2) is 194 Å². The van der Waals surface area contributed by atoms with Crippen LogP contribution in [0.25, 0.3) is 56.2 Å². The van der Waals surface area contributed by atoms with Crippen LogP contribution in [0.5, 0.6) is 0 Å². The van der Waals surface area contributed by atoms with E-state index >= 15 is 0 Å². The Morgan fingerprint density at radius 1 is 0.333 bits per heavy atom. The van der Waals surface area contributed by atoms with Crippen LogP contribution in [0.4, 0.5) is 0 Å². The van der Waals surface area contributed by atoms with Gasteiger partial charge in [0.15, 0.2) is 5.82 Å². The SMILES string of the molecule is CC.c1ccc(-c2cc(-c3ccccc3)nc(-c3cccc(-c4ccc5c(c4)C(c4ccccc4)(c4ccccc4)c4ccccc4-5)c3)n2)cc1. The Morgan fingerprint density at radius 2 is 0.784 bits per heavy atom. The maximum atomic E-state index is 5.11. The van der Waals surface area contributed by atoms with Gasteiger partial charge in [-0.1, -0.05) is 190 Å². The molecule has 244 valence electrons. The van der Waals surface area contributed by atoms with Gasteiger partial charge in [-0.15, -0.1) is 0 Å². The van der Waals surface area contributed by atoms with Gasteiger partial charge in [-0.05, 0) is 62.7 Å². The standard InChI is InChI=1S/C47H32N2.C2H6/c1-5-16-33(17-6-1)44-32-45(34-18-7-2-8-19-34)49-46(48-44)37-21-15-20-35(30-37)36-28-29-41-40-26-13-14-27-42(40)47(43(41)31-36,38-22-9-3-10-23-38)39-24-11-4-12-25-39;1-2/h1-32H;1-2H3. The number of nitrogens with zero attached hydrogens (tertiary/aromatic N) is 2. The molecule has 0 atom stereocenters. The molecule has 0 unspecified atom stereocenters. The van der Waals surface area contributed by atoms with Crippen molar-refractivity contribution in [2.45, 2.75) is 19.3 Å². The molecule has 0 saturated carbocycles. The molecule has 0 fully saturated rings. The lowest BCUT2D eigenvalue weighted by atomic mass is 9.67. The lowest BCUT2D eigenvalue weighted by molar-refractivity contribution is 0.769. The Balaban J connectivity index is 0.00000184. The van der Waals surface area contributed by atoms with E-state index < -0.39 is 5.41 Å². The van der Waals surface area contributed by atoms with E-state index in [-0.39, 0.29) is 0 Å². The fourth-order valence-corrected chi connectivity index (χ4v) is 7.55. The van der Waals surface area contributed by atoms with Gasteiger partial charge in [0.05, 0.1) is 16.8 Å². The minimum atomic E-state index is -0.445. The monoisotopic (exact) mass is 654 g/mol. The minimum Gasteiger partial charge on any atom is -0.228 e. The van der Waals surface area contributed by atoms with Gasteiger partial charge in [-0.25, -0.2) is 9.97 Å². The third-order valence-electron chi connectivity index (χ3n) is 9.78. The van der Waals surface area contributed by atoms with Crippen molar-refractivity contribution in [1.29, 1.82) is 0 Å². The Kier molecular flexibility index (Phi) is 8.66. The number of rotatable bonds is 6. The van der Waals surface area contributed by atoms with E-state index in [9.17, 15) is 0 Å². The minimum absolute atomic E-state index is 0.445. The van der Waals surface area contributed by atoms with E-state index in [1.54, 1.807) is 0 Å². The van der Waals surface area contributed by atoms with Crippen molar-refractivity contribution < 1.29 is 0 Å². The van der Waals surface area contributed by atoms with Crippen LogP contribution >= 0.6 is 0 Å². The van der Waals surface area contributed by atoms with Crippen LogP contribution < -0.4 is 0 Å². The number of hydrogen-bond donors (Lipinski definition) is 0. The van der Waals surface area contributed by atoms with E-state index in [0.717, 1.165) is 39.2 Å². The molecule has 1 aromatic heterocycles. The highest BCUT2D eigenvalue weighted by Gasteiger charge is 2.46. The predicted octanol–water partition coefficient (Wildman–Crippen LogP) is 12.5. The molecule has 0 radical (unpaired) electrons. The first kappa shape index (κ1) is 31.9. The van der Waals surface area contributed by atoms with E-state index in [4.69, 9.17) is 9.97 Å². The van der Waals surface area contributed by atoms with E-state index in [1.165, 1.54) is 33.4 Å². The van der Waals surface area contributed by atoms with Gasteiger partial charge < -0.3 is 0 Å². The van der Waals surface area contributed by atoms with Crippen LogP contribution in [0.1, 0.15) is 36.1 Å². The average molecular weight is 655 g/mol. The maximum Gasteiger partial charge on any atom is 0.160 e. The zero-order chi connectivity index (χ0) is 34.6. The first-order chi connectivity index (χ1) is 25.3. The average Bonchev–Trinajstić information content (AvgIpc) is 3.53. The molecule has 8 aromatic rings. The normalized spacial score (nSPS) is 12.3. The molecule has 0 N–H and O–H groups in total. The van der Waals surface area contributed by atoms with Gasteiger partial charge in [0.1, 0.15) is 0 Å². The van der Waals surface area contributed by atoms with E-state index in [0.29, 0.717) is 5.82 Å². The smallest absolute Gasteiger partial charge is 0.160 e. The van der Waals surface area contributed by atoms with Gasteiger partial charge in [0, 0.05) is 16.7 Å². The summed E-state index contributed by atoms with van der Waals surface area (Å²) in [6.45, 7) is 4.00. The lowest BCUT2D eigenvalue weighted by Gasteiger charge is -2.34. The summed E-state index contributed by atoms with van der Waals surface area (Å²) in [5.74, 6) is 0.707. The van der Waals surface area contributed by atoms with Crippen molar-refractivity contribution >= 4 is 0 Å². The van der Waals surface area contributed by atoms with Gasteiger partial charge >= 0.3 is 0 Å². The van der Waals surface area contributed by atoms with Gasteiger partial charge in [0.25, 0.3) is 0 Å². The first-order valence-corrected chi connectivity index (χ1v) is 17.8. The number of aromatic nitrogens is 2. The summed E-state index contributed by atoms with van der Waals surface area (Å²) in [7, 11) is 0. The van der Waals surface area contributed by atoms with Crippen LogP contribution in [0, 0.1) is 0 Å². The summed E-state index contributed by atoms with van der Waals surface area (Å²) < 4.78 is 0. The van der Waals surface area contributed by atoms with Crippen molar-refractivity contribution in [1.82, 2.24) is 9.97 Å². The molecule has 9 rings (SSSR count). The second-order valence-corrected chi connectivity index (χ2v) is 12.6. The molecule has 0 aliphatic heterocycles. The van der Waals surface area contributed by atoms with E-state index in [2.05, 4.69) is 182 Å². The molecular formula is C49H38N2. The van der Waals surface area contributed by atoms with Gasteiger partial charge in [-0.3, -0.25) is 0 Å². The predicted molar refractivity (Wildman–Crippen MR) is 212 cm³/mol. The van der Waals surface area contributed by atoms with Crippen LogP contribution in [0.3, 0.4) is 0 Å². The van der Waals surface area contributed by atoms with Crippen molar-refractivity contribution in [3.05, 3.63) is 216 Å². The molecule has 0 amide bonds. The lowest BCUT2D eigenvalue weighted by Crippen LogP contribution is -2.28. The molecule has 2 heteroatoms. The molecule has 1 aliphatic rings. The summed E-state index contributed by atoms with van der Waals surface area (Å²) in [5, 5.41) is 0. The Labute approximate surface area is 300 Å². The second-order valence-electron chi connectivity index (χ2n) is 12.6. The van der Waals surface area contributed by atoms with Crippen molar-refractivity contribution in [3.8, 4) is 56.2 Å². The molecule has 1 aliphatic carbocycles. The summed E-state index contributed by atoms with van der Waals surface area (Å²) in [6.07, 6.45) is 0. The zero-order valence-corrected chi connectivity index (χ0v) is 28.9. The summed E-state index contributed by atoms with van der Waals surface area (Å²) in [6, 6.07) is 69.2.